The number of aryl methyl sites for hydroxylation is 2. The van der Waals surface area contributed by atoms with Crippen molar-refractivity contribution in [1.29, 1.82) is 0 Å². The average Bonchev–Trinajstić information content (AvgIpc) is 2.82. The van der Waals surface area contributed by atoms with Crippen LogP contribution in [0.15, 0.2) is 42.5 Å². The molecule has 0 bridgehead atoms. The topological polar surface area (TPSA) is 108 Å². The van der Waals surface area contributed by atoms with Gasteiger partial charge in [0, 0.05) is 23.0 Å². The van der Waals surface area contributed by atoms with Crippen LogP contribution in [-0.2, 0) is 14.3 Å². The van der Waals surface area contributed by atoms with Crippen molar-refractivity contribution < 1.29 is 24.2 Å². The van der Waals surface area contributed by atoms with Crippen LogP contribution in [0.1, 0.15) is 63.8 Å². The first-order chi connectivity index (χ1) is 17.3. The summed E-state index contributed by atoms with van der Waals surface area (Å²) in [6, 6.07) is 9.45. The van der Waals surface area contributed by atoms with Gasteiger partial charge in [-0.25, -0.2) is 4.79 Å². The summed E-state index contributed by atoms with van der Waals surface area (Å²) in [5, 5.41) is 16.3. The molecule has 3 atom stereocenters. The second kappa shape index (κ2) is 12.9. The van der Waals surface area contributed by atoms with Crippen molar-refractivity contribution in [3.05, 3.63) is 59.2 Å². The Balaban J connectivity index is 2.56. The molecule has 2 aromatic carbocycles. The standard InChI is InChI=1S/C28H39N3O5S/c1-8-19(4)31(26(34)21(16-37)29-27(35)36-28(5,6)7)24(20-14-9-10-15-22(20)32)25(33)30-23-17(2)12-11-13-18(23)3/h9-15,19,21,24,32,37H,8,16H2,1-7H3,(H,29,35)(H,30,33). The molecule has 2 aromatic rings. The number of alkyl carbamates (subject to hydrolysis) is 1. The van der Waals surface area contributed by atoms with Crippen LogP contribution in [0.3, 0.4) is 0 Å². The van der Waals surface area contributed by atoms with Crippen LogP contribution in [0, 0.1) is 13.8 Å². The maximum atomic E-state index is 13.9. The van der Waals surface area contributed by atoms with Crippen molar-refractivity contribution in [1.82, 2.24) is 10.2 Å². The van der Waals surface area contributed by atoms with E-state index in [1.54, 1.807) is 39.0 Å². The smallest absolute Gasteiger partial charge is 0.408 e. The Bertz CT molecular complexity index is 1090. The maximum absolute atomic E-state index is 13.9. The number of thiol groups is 1. The van der Waals surface area contributed by atoms with Crippen LogP contribution in [0.4, 0.5) is 10.5 Å². The predicted molar refractivity (Wildman–Crippen MR) is 149 cm³/mol. The minimum Gasteiger partial charge on any atom is -0.508 e. The third kappa shape index (κ3) is 7.89. The van der Waals surface area contributed by atoms with Crippen LogP contribution in [0.2, 0.25) is 0 Å². The van der Waals surface area contributed by atoms with Crippen LogP contribution >= 0.6 is 12.6 Å². The summed E-state index contributed by atoms with van der Waals surface area (Å²) < 4.78 is 5.33. The normalized spacial score (nSPS) is 13.7. The SMILES string of the molecule is CCC(C)N(C(=O)C(CS)NC(=O)OC(C)(C)C)C(C(=O)Nc1c(C)cccc1C)c1ccccc1O. The molecule has 0 saturated heterocycles. The molecule has 3 N–H and O–H groups in total. The molecule has 3 amide bonds. The molecule has 0 radical (unpaired) electrons. The molecular formula is C28H39N3O5S. The lowest BCUT2D eigenvalue weighted by Crippen LogP contribution is -2.55. The molecule has 0 aliphatic carbocycles. The van der Waals surface area contributed by atoms with Gasteiger partial charge in [-0.15, -0.1) is 0 Å². The number of phenolic OH excluding ortho intramolecular Hbond substituents is 1. The maximum Gasteiger partial charge on any atom is 0.408 e. The molecule has 0 spiro atoms. The molecule has 0 aliphatic heterocycles. The molecule has 0 aromatic heterocycles. The van der Waals surface area contributed by atoms with Crippen molar-refractivity contribution in [2.24, 2.45) is 0 Å². The molecule has 0 aliphatic rings. The molecule has 202 valence electrons. The van der Waals surface area contributed by atoms with Gasteiger partial charge in [-0.1, -0.05) is 43.3 Å². The Morgan fingerprint density at radius 2 is 1.65 bits per heavy atom. The van der Waals surface area contributed by atoms with Crippen LogP contribution in [-0.4, -0.2) is 51.4 Å². The summed E-state index contributed by atoms with van der Waals surface area (Å²) in [5.41, 5.74) is 1.89. The number of amides is 3. The van der Waals surface area contributed by atoms with E-state index in [0.717, 1.165) is 11.1 Å². The largest absolute Gasteiger partial charge is 0.508 e. The number of benzene rings is 2. The van der Waals surface area contributed by atoms with Gasteiger partial charge in [0.2, 0.25) is 5.91 Å². The summed E-state index contributed by atoms with van der Waals surface area (Å²) in [5.74, 6) is -1.13. The number of hydrogen-bond acceptors (Lipinski definition) is 6. The van der Waals surface area contributed by atoms with Gasteiger partial charge in [0.05, 0.1) is 0 Å². The number of nitrogens with zero attached hydrogens (tertiary/aromatic N) is 1. The molecule has 0 heterocycles. The zero-order valence-electron chi connectivity index (χ0n) is 22.7. The van der Waals surface area contributed by atoms with Crippen LogP contribution in [0.5, 0.6) is 5.75 Å². The first kappa shape index (κ1) is 30.0. The molecular weight excluding hydrogens is 490 g/mol. The van der Waals surface area contributed by atoms with E-state index in [-0.39, 0.29) is 17.1 Å². The van der Waals surface area contributed by atoms with E-state index in [4.69, 9.17) is 4.74 Å². The van der Waals surface area contributed by atoms with E-state index >= 15 is 0 Å². The quantitative estimate of drug-likeness (QED) is 0.337. The third-order valence-corrected chi connectivity index (χ3v) is 6.34. The molecule has 9 heteroatoms. The third-order valence-electron chi connectivity index (χ3n) is 5.98. The predicted octanol–water partition coefficient (Wildman–Crippen LogP) is 5.14. The molecule has 8 nitrogen and oxygen atoms in total. The van der Waals surface area contributed by atoms with Gasteiger partial charge in [0.1, 0.15) is 23.4 Å². The van der Waals surface area contributed by atoms with Crippen molar-refractivity contribution >= 4 is 36.2 Å². The number of carbonyl (C=O) groups is 3. The van der Waals surface area contributed by atoms with Gasteiger partial charge in [-0.2, -0.15) is 12.6 Å². The van der Waals surface area contributed by atoms with E-state index < -0.39 is 41.6 Å². The second-order valence-corrected chi connectivity index (χ2v) is 10.5. The lowest BCUT2D eigenvalue weighted by molar-refractivity contribution is -0.143. The monoisotopic (exact) mass is 529 g/mol. The number of carbonyl (C=O) groups excluding carboxylic acids is 3. The number of phenols is 1. The average molecular weight is 530 g/mol. The Morgan fingerprint density at radius 1 is 1.05 bits per heavy atom. The fourth-order valence-corrected chi connectivity index (χ4v) is 4.20. The first-order valence-electron chi connectivity index (χ1n) is 12.4. The zero-order valence-corrected chi connectivity index (χ0v) is 23.6. The number of aromatic hydroxyl groups is 1. The van der Waals surface area contributed by atoms with E-state index in [9.17, 15) is 19.5 Å². The number of ether oxygens (including phenoxy) is 1. The minimum absolute atomic E-state index is 0.0168. The van der Waals surface area contributed by atoms with Gasteiger partial charge >= 0.3 is 6.09 Å². The summed E-state index contributed by atoms with van der Waals surface area (Å²) in [6.07, 6.45) is -0.235. The van der Waals surface area contributed by atoms with Gasteiger partial charge in [0.25, 0.3) is 5.91 Å². The van der Waals surface area contributed by atoms with Gasteiger partial charge in [0.15, 0.2) is 0 Å². The summed E-state index contributed by atoms with van der Waals surface area (Å²) in [7, 11) is 0. The Kier molecular flexibility index (Phi) is 10.4. The zero-order chi connectivity index (χ0) is 27.9. The molecule has 0 fully saturated rings. The number of anilines is 1. The van der Waals surface area contributed by atoms with Gasteiger partial charge in [-0.05, 0) is 65.2 Å². The molecule has 2 rings (SSSR count). The lowest BCUT2D eigenvalue weighted by Gasteiger charge is -2.38. The van der Waals surface area contributed by atoms with Crippen molar-refractivity contribution in [3.63, 3.8) is 0 Å². The fourth-order valence-electron chi connectivity index (χ4n) is 3.95. The number of nitrogens with one attached hydrogen (secondary N) is 2. The Morgan fingerprint density at radius 3 is 2.16 bits per heavy atom. The highest BCUT2D eigenvalue weighted by molar-refractivity contribution is 7.80. The summed E-state index contributed by atoms with van der Waals surface area (Å²) in [4.78, 5) is 41.7. The van der Waals surface area contributed by atoms with Gasteiger partial charge < -0.3 is 25.4 Å². The summed E-state index contributed by atoms with van der Waals surface area (Å²) >= 11 is 4.30. The highest BCUT2D eigenvalue weighted by atomic mass is 32.1. The number of rotatable bonds is 9. The Labute approximate surface area is 225 Å². The highest BCUT2D eigenvalue weighted by Crippen LogP contribution is 2.33. The fraction of sp³-hybridized carbons (Fsp3) is 0.464. The first-order valence-corrected chi connectivity index (χ1v) is 13.0. The summed E-state index contributed by atoms with van der Waals surface area (Å²) in [6.45, 7) is 12.7. The Hall–Kier alpha value is -3.20. The number of para-hydroxylation sites is 2. The van der Waals surface area contributed by atoms with Crippen LogP contribution in [0.25, 0.3) is 0 Å². The van der Waals surface area contributed by atoms with E-state index in [2.05, 4.69) is 23.3 Å². The minimum atomic E-state index is -1.18. The molecule has 0 saturated carbocycles. The number of hydrogen-bond donors (Lipinski definition) is 4. The molecule has 3 unspecified atom stereocenters. The highest BCUT2D eigenvalue weighted by Gasteiger charge is 2.39. The van der Waals surface area contributed by atoms with Gasteiger partial charge in [-0.3, -0.25) is 9.59 Å². The van der Waals surface area contributed by atoms with Crippen molar-refractivity contribution in [3.8, 4) is 5.75 Å². The second-order valence-electron chi connectivity index (χ2n) is 10.1. The van der Waals surface area contributed by atoms with Crippen molar-refractivity contribution in [2.45, 2.75) is 78.6 Å². The lowest BCUT2D eigenvalue weighted by atomic mass is 9.98. The van der Waals surface area contributed by atoms with E-state index in [1.165, 1.54) is 11.0 Å². The van der Waals surface area contributed by atoms with E-state index in [0.29, 0.717) is 12.1 Å². The molecule has 37 heavy (non-hydrogen) atoms. The van der Waals surface area contributed by atoms with E-state index in [1.807, 2.05) is 45.9 Å². The van der Waals surface area contributed by atoms with Crippen LogP contribution < -0.4 is 10.6 Å². The van der Waals surface area contributed by atoms with Crippen molar-refractivity contribution in [2.75, 3.05) is 11.1 Å².